The van der Waals surface area contributed by atoms with Crippen molar-refractivity contribution in [1.29, 1.82) is 0 Å². The molecule has 1 fully saturated rings. The van der Waals surface area contributed by atoms with Crippen molar-refractivity contribution in [3.63, 3.8) is 0 Å². The first-order chi connectivity index (χ1) is 8.31. The van der Waals surface area contributed by atoms with Crippen LogP contribution in [0.15, 0.2) is 34.8 Å². The minimum absolute atomic E-state index is 0.758. The Balaban J connectivity index is 1.72. The van der Waals surface area contributed by atoms with Gasteiger partial charge in [-0.3, -0.25) is 0 Å². The molecule has 1 aromatic heterocycles. The van der Waals surface area contributed by atoms with Crippen molar-refractivity contribution in [1.82, 2.24) is 9.69 Å². The molecule has 1 aliphatic carbocycles. The van der Waals surface area contributed by atoms with Crippen LogP contribution in [0, 0.1) is 0 Å². The second-order valence-corrected chi connectivity index (χ2v) is 6.15. The Morgan fingerprint density at radius 2 is 2.06 bits per heavy atom. The zero-order chi connectivity index (χ0) is 11.7. The van der Waals surface area contributed by atoms with Crippen molar-refractivity contribution in [3.8, 4) is 11.3 Å². The smallest absolute Gasteiger partial charge is 0.0844 e. The summed E-state index contributed by atoms with van der Waals surface area (Å²) in [6, 6.07) is 11.2. The van der Waals surface area contributed by atoms with E-state index in [1.807, 2.05) is 0 Å². The minimum atomic E-state index is 0.758. The summed E-state index contributed by atoms with van der Waals surface area (Å²) in [5.41, 5.74) is 2.26. The van der Waals surface area contributed by atoms with Crippen LogP contribution in [0.3, 0.4) is 0 Å². The Morgan fingerprint density at radius 1 is 1.29 bits per heavy atom. The molecule has 0 radical (unpaired) electrons. The molecule has 1 heterocycles. The van der Waals surface area contributed by atoms with Crippen LogP contribution in [0.1, 0.15) is 17.7 Å². The van der Waals surface area contributed by atoms with Crippen LogP contribution < -0.4 is 5.32 Å². The highest BCUT2D eigenvalue weighted by Gasteiger charge is 2.20. The van der Waals surface area contributed by atoms with Crippen LogP contribution in [-0.4, -0.2) is 10.4 Å². The van der Waals surface area contributed by atoms with Crippen LogP contribution in [-0.2, 0) is 6.54 Å². The number of aromatic nitrogens is 1. The number of hydrogen-bond acceptors (Lipinski definition) is 3. The second-order valence-electron chi connectivity index (χ2n) is 4.34. The number of hydrogen-bond donors (Lipinski definition) is 1. The number of benzene rings is 1. The van der Waals surface area contributed by atoms with Gasteiger partial charge in [-0.2, -0.15) is 4.37 Å². The van der Waals surface area contributed by atoms with E-state index >= 15 is 0 Å². The van der Waals surface area contributed by atoms with Crippen molar-refractivity contribution in [2.24, 2.45) is 0 Å². The molecule has 0 aliphatic heterocycles. The van der Waals surface area contributed by atoms with E-state index in [0.717, 1.165) is 22.8 Å². The summed E-state index contributed by atoms with van der Waals surface area (Å²) in [5, 5.41) is 3.51. The number of nitrogens with zero attached hydrogens (tertiary/aromatic N) is 1. The molecule has 3 rings (SSSR count). The molecule has 0 bridgehead atoms. The van der Waals surface area contributed by atoms with Gasteiger partial charge in [0.15, 0.2) is 0 Å². The molecule has 88 valence electrons. The third kappa shape index (κ3) is 2.94. The van der Waals surface area contributed by atoms with Crippen molar-refractivity contribution in [2.75, 3.05) is 0 Å². The van der Waals surface area contributed by atoms with Gasteiger partial charge in [-0.1, -0.05) is 28.1 Å². The highest BCUT2D eigenvalue weighted by atomic mass is 79.9. The van der Waals surface area contributed by atoms with Gasteiger partial charge in [-0.05, 0) is 42.6 Å². The maximum Gasteiger partial charge on any atom is 0.0844 e. The molecule has 0 amide bonds. The van der Waals surface area contributed by atoms with Crippen molar-refractivity contribution < 1.29 is 0 Å². The average molecular weight is 309 g/mol. The van der Waals surface area contributed by atoms with Crippen LogP contribution in [0.4, 0.5) is 0 Å². The monoisotopic (exact) mass is 308 g/mol. The molecule has 0 saturated heterocycles. The number of nitrogens with one attached hydrogen (secondary N) is 1. The standard InChI is InChI=1S/C13H13BrN2S/c14-10-3-1-9(2-4-10)13-7-12(17-16-13)8-15-11-5-6-11/h1-4,7,11,15H,5-6,8H2. The molecule has 4 heteroatoms. The van der Waals surface area contributed by atoms with E-state index in [1.54, 1.807) is 11.5 Å². The fraction of sp³-hybridized carbons (Fsp3) is 0.308. The van der Waals surface area contributed by atoms with Crippen molar-refractivity contribution in [3.05, 3.63) is 39.7 Å². The fourth-order valence-corrected chi connectivity index (χ4v) is 2.64. The summed E-state index contributed by atoms with van der Waals surface area (Å²) in [6.07, 6.45) is 2.66. The van der Waals surface area contributed by atoms with E-state index in [4.69, 9.17) is 0 Å². The normalized spacial score (nSPS) is 15.1. The van der Waals surface area contributed by atoms with Gasteiger partial charge in [0.05, 0.1) is 5.69 Å². The van der Waals surface area contributed by atoms with Gasteiger partial charge in [0.25, 0.3) is 0 Å². The Kier molecular flexibility index (Phi) is 3.27. The van der Waals surface area contributed by atoms with Crippen molar-refractivity contribution in [2.45, 2.75) is 25.4 Å². The SMILES string of the molecule is Brc1ccc(-c2cc(CNC3CC3)sn2)cc1. The van der Waals surface area contributed by atoms with Gasteiger partial charge in [0.2, 0.25) is 0 Å². The van der Waals surface area contributed by atoms with E-state index in [-0.39, 0.29) is 0 Å². The predicted molar refractivity (Wildman–Crippen MR) is 75.1 cm³/mol. The quantitative estimate of drug-likeness (QED) is 0.928. The first-order valence-corrected chi connectivity index (χ1v) is 7.33. The summed E-state index contributed by atoms with van der Waals surface area (Å²) < 4.78 is 5.60. The Bertz CT molecular complexity index is 502. The van der Waals surface area contributed by atoms with Crippen LogP contribution in [0.5, 0.6) is 0 Å². The first kappa shape index (κ1) is 11.4. The molecule has 0 unspecified atom stereocenters. The molecule has 1 aromatic carbocycles. The maximum absolute atomic E-state index is 4.50. The van der Waals surface area contributed by atoms with Gasteiger partial charge in [0.1, 0.15) is 0 Å². The number of halogens is 1. The van der Waals surface area contributed by atoms with E-state index in [1.165, 1.54) is 23.3 Å². The van der Waals surface area contributed by atoms with Crippen LogP contribution in [0.25, 0.3) is 11.3 Å². The lowest BCUT2D eigenvalue weighted by atomic mass is 10.1. The molecular formula is C13H13BrN2S. The fourth-order valence-electron chi connectivity index (χ4n) is 1.69. The molecule has 1 saturated carbocycles. The van der Waals surface area contributed by atoms with Gasteiger partial charge in [0, 0.05) is 27.5 Å². The highest BCUT2D eigenvalue weighted by Crippen LogP contribution is 2.25. The zero-order valence-corrected chi connectivity index (χ0v) is 11.7. The Hall–Kier alpha value is -0.710. The molecule has 1 N–H and O–H groups in total. The Labute approximate surface area is 113 Å². The van der Waals surface area contributed by atoms with Crippen molar-refractivity contribution >= 4 is 27.5 Å². The van der Waals surface area contributed by atoms with Gasteiger partial charge < -0.3 is 5.32 Å². The molecule has 2 nitrogen and oxygen atoms in total. The summed E-state index contributed by atoms with van der Waals surface area (Å²) >= 11 is 5.04. The summed E-state index contributed by atoms with van der Waals surface area (Å²) in [6.45, 7) is 0.957. The van der Waals surface area contributed by atoms with E-state index in [2.05, 4.69) is 56.0 Å². The molecule has 0 spiro atoms. The predicted octanol–water partition coefficient (Wildman–Crippen LogP) is 3.82. The molecule has 1 aliphatic rings. The second kappa shape index (κ2) is 4.88. The Morgan fingerprint density at radius 3 is 2.76 bits per heavy atom. The lowest BCUT2D eigenvalue weighted by Crippen LogP contribution is -2.14. The van der Waals surface area contributed by atoms with Crippen LogP contribution >= 0.6 is 27.5 Å². The van der Waals surface area contributed by atoms with Gasteiger partial charge in [-0.25, -0.2) is 0 Å². The van der Waals surface area contributed by atoms with Crippen LogP contribution in [0.2, 0.25) is 0 Å². The zero-order valence-electron chi connectivity index (χ0n) is 9.32. The number of rotatable bonds is 4. The van der Waals surface area contributed by atoms with E-state index in [9.17, 15) is 0 Å². The van der Waals surface area contributed by atoms with E-state index < -0.39 is 0 Å². The lowest BCUT2D eigenvalue weighted by Gasteiger charge is -1.97. The first-order valence-electron chi connectivity index (χ1n) is 5.76. The largest absolute Gasteiger partial charge is 0.309 e. The third-order valence-electron chi connectivity index (χ3n) is 2.84. The lowest BCUT2D eigenvalue weighted by molar-refractivity contribution is 0.695. The van der Waals surface area contributed by atoms with Gasteiger partial charge >= 0.3 is 0 Å². The summed E-state index contributed by atoms with van der Waals surface area (Å²) in [4.78, 5) is 1.31. The molecular weight excluding hydrogens is 296 g/mol. The average Bonchev–Trinajstić information content (AvgIpc) is 3.06. The molecule has 0 atom stereocenters. The molecule has 17 heavy (non-hydrogen) atoms. The molecule has 2 aromatic rings. The van der Waals surface area contributed by atoms with Gasteiger partial charge in [-0.15, -0.1) is 0 Å². The minimum Gasteiger partial charge on any atom is -0.309 e. The van der Waals surface area contributed by atoms with E-state index in [0.29, 0.717) is 0 Å². The summed E-state index contributed by atoms with van der Waals surface area (Å²) in [5.74, 6) is 0. The topological polar surface area (TPSA) is 24.9 Å². The summed E-state index contributed by atoms with van der Waals surface area (Å²) in [7, 11) is 0. The third-order valence-corrected chi connectivity index (χ3v) is 4.15. The maximum atomic E-state index is 4.50. The highest BCUT2D eigenvalue weighted by molar-refractivity contribution is 9.10.